The van der Waals surface area contributed by atoms with Crippen molar-refractivity contribution in [1.82, 2.24) is 10.4 Å². The SMILES string of the molecule is CN(N)C1CC(NN=O)C1. The summed E-state index contributed by atoms with van der Waals surface area (Å²) in [6, 6.07) is 0.660. The normalized spacial score (nSPS) is 31.5. The van der Waals surface area contributed by atoms with E-state index in [4.69, 9.17) is 5.84 Å². The van der Waals surface area contributed by atoms with Crippen LogP contribution in [-0.4, -0.2) is 24.1 Å². The first-order chi connectivity index (χ1) is 4.74. The second-order valence-electron chi connectivity index (χ2n) is 2.71. The molecule has 0 aliphatic heterocycles. The number of nitroso groups, excluding NO2 is 1. The van der Waals surface area contributed by atoms with E-state index < -0.39 is 0 Å². The Hall–Kier alpha value is -0.680. The number of hydrogen-bond donors (Lipinski definition) is 2. The van der Waals surface area contributed by atoms with E-state index in [-0.39, 0.29) is 6.04 Å². The van der Waals surface area contributed by atoms with Crippen LogP contribution in [0.1, 0.15) is 12.8 Å². The molecule has 1 fully saturated rings. The van der Waals surface area contributed by atoms with E-state index in [1.54, 1.807) is 5.01 Å². The highest BCUT2D eigenvalue weighted by Crippen LogP contribution is 2.22. The van der Waals surface area contributed by atoms with Crippen molar-refractivity contribution in [3.8, 4) is 0 Å². The molecule has 0 aromatic carbocycles. The van der Waals surface area contributed by atoms with Gasteiger partial charge in [0.25, 0.3) is 0 Å². The lowest BCUT2D eigenvalue weighted by Crippen LogP contribution is -2.52. The lowest BCUT2D eigenvalue weighted by Gasteiger charge is -2.37. The third-order valence-corrected chi connectivity index (χ3v) is 1.92. The van der Waals surface area contributed by atoms with Crippen LogP contribution in [-0.2, 0) is 0 Å². The van der Waals surface area contributed by atoms with Crippen molar-refractivity contribution in [2.24, 2.45) is 11.1 Å². The predicted octanol–water partition coefficient (Wildman–Crippen LogP) is -0.406. The molecular weight excluding hydrogens is 132 g/mol. The molecule has 0 atom stereocenters. The Morgan fingerprint density at radius 1 is 1.70 bits per heavy atom. The highest BCUT2D eigenvalue weighted by atomic mass is 16.3. The van der Waals surface area contributed by atoms with Gasteiger partial charge in [0.1, 0.15) is 0 Å². The molecule has 1 aliphatic carbocycles. The zero-order chi connectivity index (χ0) is 7.56. The fourth-order valence-electron chi connectivity index (χ4n) is 1.10. The topological polar surface area (TPSA) is 70.7 Å². The summed E-state index contributed by atoms with van der Waals surface area (Å²) in [5.41, 5.74) is 2.45. The number of rotatable bonds is 3. The average Bonchev–Trinajstić information content (AvgIpc) is 1.76. The van der Waals surface area contributed by atoms with E-state index in [1.807, 2.05) is 7.05 Å². The molecule has 3 N–H and O–H groups in total. The molecule has 1 aliphatic rings. The second-order valence-corrected chi connectivity index (χ2v) is 2.71. The van der Waals surface area contributed by atoms with Gasteiger partial charge in [-0.1, -0.05) is 0 Å². The minimum atomic E-state index is 0.244. The highest BCUT2D eigenvalue weighted by molar-refractivity contribution is 4.88. The van der Waals surface area contributed by atoms with Crippen molar-refractivity contribution in [1.29, 1.82) is 0 Å². The first-order valence-corrected chi connectivity index (χ1v) is 3.29. The first kappa shape index (κ1) is 7.43. The minimum Gasteiger partial charge on any atom is -0.271 e. The molecule has 1 rings (SSSR count). The Kier molecular flexibility index (Phi) is 2.18. The molecule has 0 radical (unpaired) electrons. The van der Waals surface area contributed by atoms with Crippen LogP contribution >= 0.6 is 0 Å². The molecular formula is C5H12N4O. The molecule has 0 unspecified atom stereocenters. The van der Waals surface area contributed by atoms with Gasteiger partial charge in [0.15, 0.2) is 0 Å². The first-order valence-electron chi connectivity index (χ1n) is 3.29. The summed E-state index contributed by atoms with van der Waals surface area (Å²) in [5.74, 6) is 5.45. The number of hydrogen-bond acceptors (Lipinski definition) is 4. The minimum absolute atomic E-state index is 0.244. The van der Waals surface area contributed by atoms with Crippen molar-refractivity contribution < 1.29 is 0 Å². The Labute approximate surface area is 59.5 Å². The summed E-state index contributed by atoms with van der Waals surface area (Å²) < 4.78 is 0. The van der Waals surface area contributed by atoms with Crippen LogP contribution in [0.3, 0.4) is 0 Å². The molecule has 5 heteroatoms. The Bertz CT molecular complexity index is 121. The van der Waals surface area contributed by atoms with Crippen LogP contribution in [0.2, 0.25) is 0 Å². The van der Waals surface area contributed by atoms with Gasteiger partial charge in [-0.05, 0) is 12.8 Å². The Morgan fingerprint density at radius 3 is 2.70 bits per heavy atom. The smallest absolute Gasteiger partial charge is 0.0503 e. The van der Waals surface area contributed by atoms with E-state index in [0.717, 1.165) is 12.8 Å². The summed E-state index contributed by atoms with van der Waals surface area (Å²) in [6.07, 6.45) is 1.83. The van der Waals surface area contributed by atoms with Gasteiger partial charge in [-0.3, -0.25) is 11.3 Å². The number of nitrogens with zero attached hydrogens (tertiary/aromatic N) is 2. The lowest BCUT2D eigenvalue weighted by atomic mass is 9.87. The summed E-state index contributed by atoms with van der Waals surface area (Å²) in [4.78, 5) is 9.68. The lowest BCUT2D eigenvalue weighted by molar-refractivity contribution is 0.123. The van der Waals surface area contributed by atoms with E-state index >= 15 is 0 Å². The fraction of sp³-hybridized carbons (Fsp3) is 1.00. The van der Waals surface area contributed by atoms with Crippen molar-refractivity contribution in [3.05, 3.63) is 4.91 Å². The average molecular weight is 144 g/mol. The van der Waals surface area contributed by atoms with Crippen LogP contribution < -0.4 is 11.3 Å². The van der Waals surface area contributed by atoms with E-state index in [0.29, 0.717) is 6.04 Å². The molecule has 5 nitrogen and oxygen atoms in total. The van der Waals surface area contributed by atoms with E-state index in [1.165, 1.54) is 0 Å². The highest BCUT2D eigenvalue weighted by Gasteiger charge is 2.30. The molecule has 0 heterocycles. The maximum Gasteiger partial charge on any atom is 0.0503 e. The van der Waals surface area contributed by atoms with E-state index in [2.05, 4.69) is 10.7 Å². The van der Waals surface area contributed by atoms with Gasteiger partial charge in [0.2, 0.25) is 0 Å². The summed E-state index contributed by atoms with van der Waals surface area (Å²) in [6.45, 7) is 0. The van der Waals surface area contributed by atoms with Crippen molar-refractivity contribution in [2.75, 3.05) is 7.05 Å². The monoisotopic (exact) mass is 144 g/mol. The fourth-order valence-corrected chi connectivity index (χ4v) is 1.10. The zero-order valence-electron chi connectivity index (χ0n) is 5.95. The Balaban J connectivity index is 2.11. The predicted molar refractivity (Wildman–Crippen MR) is 37.7 cm³/mol. The quantitative estimate of drug-likeness (QED) is 0.321. The molecule has 1 saturated carbocycles. The molecule has 0 spiro atoms. The van der Waals surface area contributed by atoms with Crippen LogP contribution in [0.4, 0.5) is 0 Å². The van der Waals surface area contributed by atoms with Crippen molar-refractivity contribution in [3.63, 3.8) is 0 Å². The molecule has 0 bridgehead atoms. The number of nitrogens with one attached hydrogen (secondary N) is 1. The summed E-state index contributed by atoms with van der Waals surface area (Å²) in [7, 11) is 1.83. The van der Waals surface area contributed by atoms with Gasteiger partial charge < -0.3 is 0 Å². The van der Waals surface area contributed by atoms with Gasteiger partial charge in [-0.2, -0.15) is 0 Å². The summed E-state index contributed by atoms with van der Waals surface area (Å²) >= 11 is 0. The zero-order valence-corrected chi connectivity index (χ0v) is 5.95. The van der Waals surface area contributed by atoms with Gasteiger partial charge in [-0.15, -0.1) is 4.91 Å². The largest absolute Gasteiger partial charge is 0.271 e. The summed E-state index contributed by atoms with van der Waals surface area (Å²) in [5, 5.41) is 4.26. The molecule has 0 aromatic rings. The van der Waals surface area contributed by atoms with Crippen molar-refractivity contribution >= 4 is 0 Å². The maximum atomic E-state index is 9.68. The molecule has 58 valence electrons. The van der Waals surface area contributed by atoms with Gasteiger partial charge in [-0.25, -0.2) is 5.01 Å². The van der Waals surface area contributed by atoms with Crippen LogP contribution in [0.5, 0.6) is 0 Å². The van der Waals surface area contributed by atoms with Crippen LogP contribution in [0.25, 0.3) is 0 Å². The van der Waals surface area contributed by atoms with Gasteiger partial charge in [0, 0.05) is 18.4 Å². The molecule has 0 saturated heterocycles. The number of nitrogens with two attached hydrogens (primary N) is 1. The van der Waals surface area contributed by atoms with Crippen LogP contribution in [0.15, 0.2) is 5.29 Å². The number of hydrazine groups is 1. The van der Waals surface area contributed by atoms with Gasteiger partial charge >= 0.3 is 0 Å². The van der Waals surface area contributed by atoms with Crippen LogP contribution in [0, 0.1) is 4.91 Å². The second kappa shape index (κ2) is 2.94. The Morgan fingerprint density at radius 2 is 2.30 bits per heavy atom. The standard InChI is InChI=1S/C5H12N4O/c1-9(6)5-2-4(3-5)7-8-10/h4-5H,2-3,6H2,1H3,(H,7,10). The molecule has 0 aromatic heterocycles. The van der Waals surface area contributed by atoms with Crippen molar-refractivity contribution in [2.45, 2.75) is 24.9 Å². The maximum absolute atomic E-state index is 9.68. The third kappa shape index (κ3) is 1.43. The molecule has 0 amide bonds. The van der Waals surface area contributed by atoms with E-state index in [9.17, 15) is 4.91 Å². The van der Waals surface area contributed by atoms with Gasteiger partial charge in [0.05, 0.1) is 6.04 Å². The third-order valence-electron chi connectivity index (χ3n) is 1.92. The molecule has 10 heavy (non-hydrogen) atoms.